The third-order valence-electron chi connectivity index (χ3n) is 4.49. The standard InChI is InChI=1S/C17H23N3O2/c21-16(18-13-17(22)9-5-1-2-6-10-17)12-20-15-8-4-3-7-14(15)11-19-20/h3-4,7-8,11,22H,1-2,5-6,9-10,12-13H2,(H,18,21). The minimum Gasteiger partial charge on any atom is -0.388 e. The number of fused-ring (bicyclic) bond motifs is 1. The largest absolute Gasteiger partial charge is 0.388 e. The second-order valence-corrected chi connectivity index (χ2v) is 6.28. The fourth-order valence-corrected chi connectivity index (χ4v) is 3.17. The molecular formula is C17H23N3O2. The fourth-order valence-electron chi connectivity index (χ4n) is 3.17. The van der Waals surface area contributed by atoms with Crippen LogP contribution in [0.5, 0.6) is 0 Å². The van der Waals surface area contributed by atoms with E-state index in [1.165, 1.54) is 12.8 Å². The van der Waals surface area contributed by atoms with Crippen molar-refractivity contribution in [3.8, 4) is 0 Å². The smallest absolute Gasteiger partial charge is 0.241 e. The maximum atomic E-state index is 12.1. The van der Waals surface area contributed by atoms with Gasteiger partial charge >= 0.3 is 0 Å². The quantitative estimate of drug-likeness (QED) is 0.851. The van der Waals surface area contributed by atoms with Crippen LogP contribution >= 0.6 is 0 Å². The molecule has 1 aliphatic carbocycles. The van der Waals surface area contributed by atoms with Crippen LogP contribution in [0.1, 0.15) is 38.5 Å². The number of hydrogen-bond donors (Lipinski definition) is 2. The van der Waals surface area contributed by atoms with E-state index in [4.69, 9.17) is 0 Å². The molecule has 2 N–H and O–H groups in total. The molecule has 1 saturated carbocycles. The van der Waals surface area contributed by atoms with Gasteiger partial charge in [-0.2, -0.15) is 5.10 Å². The van der Waals surface area contributed by atoms with Gasteiger partial charge in [-0.05, 0) is 18.9 Å². The van der Waals surface area contributed by atoms with Crippen molar-refractivity contribution in [2.45, 2.75) is 50.7 Å². The Morgan fingerprint density at radius 2 is 1.95 bits per heavy atom. The minimum atomic E-state index is -0.738. The SMILES string of the molecule is O=C(Cn1ncc2ccccc21)NCC1(O)CCCCCC1. The molecule has 118 valence electrons. The highest BCUT2D eigenvalue weighted by Crippen LogP contribution is 2.26. The van der Waals surface area contributed by atoms with Crippen molar-refractivity contribution in [1.82, 2.24) is 15.1 Å². The number of amides is 1. The summed E-state index contributed by atoms with van der Waals surface area (Å²) in [6.45, 7) is 0.522. The van der Waals surface area contributed by atoms with Crippen molar-refractivity contribution < 1.29 is 9.90 Å². The Morgan fingerprint density at radius 1 is 1.23 bits per heavy atom. The molecule has 0 spiro atoms. The van der Waals surface area contributed by atoms with E-state index in [0.717, 1.165) is 36.6 Å². The Balaban J connectivity index is 1.58. The number of aromatic nitrogens is 2. The molecule has 0 radical (unpaired) electrons. The Kier molecular flexibility index (Phi) is 4.43. The molecule has 5 nitrogen and oxygen atoms in total. The summed E-state index contributed by atoms with van der Waals surface area (Å²) in [6, 6.07) is 7.82. The van der Waals surface area contributed by atoms with Gasteiger partial charge in [0, 0.05) is 11.9 Å². The van der Waals surface area contributed by atoms with Crippen molar-refractivity contribution in [2.24, 2.45) is 0 Å². The molecule has 0 bridgehead atoms. The molecule has 22 heavy (non-hydrogen) atoms. The molecule has 1 fully saturated rings. The zero-order chi connectivity index (χ0) is 15.4. The van der Waals surface area contributed by atoms with E-state index < -0.39 is 5.60 Å². The minimum absolute atomic E-state index is 0.105. The highest BCUT2D eigenvalue weighted by atomic mass is 16.3. The van der Waals surface area contributed by atoms with Gasteiger partial charge in [0.25, 0.3) is 0 Å². The van der Waals surface area contributed by atoms with E-state index in [-0.39, 0.29) is 12.5 Å². The van der Waals surface area contributed by atoms with Crippen molar-refractivity contribution in [1.29, 1.82) is 0 Å². The molecule has 0 unspecified atom stereocenters. The lowest BCUT2D eigenvalue weighted by molar-refractivity contribution is -0.123. The van der Waals surface area contributed by atoms with Gasteiger partial charge in [0.1, 0.15) is 6.54 Å². The summed E-state index contributed by atoms with van der Waals surface area (Å²) < 4.78 is 1.70. The van der Waals surface area contributed by atoms with Gasteiger partial charge in [0.15, 0.2) is 0 Å². The molecular weight excluding hydrogens is 278 g/mol. The lowest BCUT2D eigenvalue weighted by Gasteiger charge is -2.26. The second kappa shape index (κ2) is 6.48. The summed E-state index contributed by atoms with van der Waals surface area (Å²) in [5, 5.41) is 18.7. The Labute approximate surface area is 130 Å². The van der Waals surface area contributed by atoms with Crippen molar-refractivity contribution in [3.05, 3.63) is 30.5 Å². The van der Waals surface area contributed by atoms with Crippen molar-refractivity contribution in [2.75, 3.05) is 6.54 Å². The van der Waals surface area contributed by atoms with Crippen molar-refractivity contribution in [3.63, 3.8) is 0 Å². The van der Waals surface area contributed by atoms with Crippen LogP contribution in [0, 0.1) is 0 Å². The van der Waals surface area contributed by atoms with Crippen LogP contribution < -0.4 is 5.32 Å². The highest BCUT2D eigenvalue weighted by molar-refractivity contribution is 5.81. The number of nitrogens with one attached hydrogen (secondary N) is 1. The molecule has 1 aliphatic rings. The Morgan fingerprint density at radius 3 is 2.73 bits per heavy atom. The van der Waals surface area contributed by atoms with Crippen LogP contribution in [-0.2, 0) is 11.3 Å². The van der Waals surface area contributed by atoms with E-state index in [0.29, 0.717) is 6.54 Å². The third kappa shape index (κ3) is 3.47. The van der Waals surface area contributed by atoms with Crippen LogP contribution in [0.4, 0.5) is 0 Å². The monoisotopic (exact) mass is 301 g/mol. The zero-order valence-electron chi connectivity index (χ0n) is 12.8. The van der Waals surface area contributed by atoms with Crippen LogP contribution in [0.25, 0.3) is 10.9 Å². The number of rotatable bonds is 4. The number of para-hydroxylation sites is 1. The topological polar surface area (TPSA) is 67.2 Å². The Bertz CT molecular complexity index is 642. The number of carbonyl (C=O) groups is 1. The van der Waals surface area contributed by atoms with E-state index in [1.54, 1.807) is 10.9 Å². The van der Waals surface area contributed by atoms with E-state index in [2.05, 4.69) is 10.4 Å². The average molecular weight is 301 g/mol. The molecule has 1 aromatic carbocycles. The first-order chi connectivity index (χ1) is 10.7. The summed E-state index contributed by atoms with van der Waals surface area (Å²) in [4.78, 5) is 12.1. The molecule has 0 aliphatic heterocycles. The molecule has 1 amide bonds. The predicted octanol–water partition coefficient (Wildman–Crippen LogP) is 2.24. The summed E-state index contributed by atoms with van der Waals surface area (Å²) in [6.07, 6.45) is 7.74. The van der Waals surface area contributed by atoms with Gasteiger partial charge in [-0.25, -0.2) is 0 Å². The second-order valence-electron chi connectivity index (χ2n) is 6.28. The maximum Gasteiger partial charge on any atom is 0.241 e. The number of benzene rings is 1. The van der Waals surface area contributed by atoms with Crippen LogP contribution in [0.15, 0.2) is 30.5 Å². The first-order valence-electron chi connectivity index (χ1n) is 8.06. The normalized spacial score (nSPS) is 18.0. The van der Waals surface area contributed by atoms with Gasteiger partial charge in [-0.3, -0.25) is 9.48 Å². The number of nitrogens with zero attached hydrogens (tertiary/aromatic N) is 2. The fraction of sp³-hybridized carbons (Fsp3) is 0.529. The molecule has 0 atom stereocenters. The summed E-state index contributed by atoms with van der Waals surface area (Å²) >= 11 is 0. The van der Waals surface area contributed by atoms with Crippen LogP contribution in [0.3, 0.4) is 0 Å². The molecule has 1 aromatic heterocycles. The molecule has 3 rings (SSSR count). The van der Waals surface area contributed by atoms with E-state index in [1.807, 2.05) is 24.3 Å². The van der Waals surface area contributed by atoms with Gasteiger partial charge in [-0.1, -0.05) is 43.9 Å². The first kappa shape index (κ1) is 15.0. The zero-order valence-corrected chi connectivity index (χ0v) is 12.8. The number of hydrogen-bond acceptors (Lipinski definition) is 3. The highest BCUT2D eigenvalue weighted by Gasteiger charge is 2.28. The number of carbonyl (C=O) groups excluding carboxylic acids is 1. The molecule has 5 heteroatoms. The van der Waals surface area contributed by atoms with Crippen LogP contribution in [-0.4, -0.2) is 32.9 Å². The summed E-state index contributed by atoms with van der Waals surface area (Å²) in [5.74, 6) is -0.105. The summed E-state index contributed by atoms with van der Waals surface area (Å²) in [7, 11) is 0. The van der Waals surface area contributed by atoms with Gasteiger partial charge in [0.05, 0.1) is 17.3 Å². The number of aliphatic hydroxyl groups is 1. The van der Waals surface area contributed by atoms with Gasteiger partial charge < -0.3 is 10.4 Å². The lowest BCUT2D eigenvalue weighted by atomic mass is 9.94. The van der Waals surface area contributed by atoms with Gasteiger partial charge in [0.2, 0.25) is 5.91 Å². The molecule has 1 heterocycles. The Hall–Kier alpha value is -1.88. The van der Waals surface area contributed by atoms with Gasteiger partial charge in [-0.15, -0.1) is 0 Å². The third-order valence-corrected chi connectivity index (χ3v) is 4.49. The first-order valence-corrected chi connectivity index (χ1v) is 8.06. The van der Waals surface area contributed by atoms with Crippen molar-refractivity contribution >= 4 is 16.8 Å². The average Bonchev–Trinajstić information content (AvgIpc) is 2.79. The lowest BCUT2D eigenvalue weighted by Crippen LogP contribution is -2.43. The predicted molar refractivity (Wildman–Crippen MR) is 85.4 cm³/mol. The maximum absolute atomic E-state index is 12.1. The summed E-state index contributed by atoms with van der Waals surface area (Å²) in [5.41, 5.74) is 0.212. The van der Waals surface area contributed by atoms with E-state index in [9.17, 15) is 9.90 Å². The van der Waals surface area contributed by atoms with Crippen LogP contribution in [0.2, 0.25) is 0 Å². The van der Waals surface area contributed by atoms with E-state index >= 15 is 0 Å². The molecule has 2 aromatic rings. The molecule has 0 saturated heterocycles.